The molecule has 0 aliphatic carbocycles. The number of benzene rings is 1. The van der Waals surface area contributed by atoms with E-state index in [1.54, 1.807) is 24.3 Å². The number of amides is 2. The Morgan fingerprint density at radius 2 is 1.58 bits per heavy atom. The number of carbonyl (C=O) groups is 2. The minimum Gasteiger partial charge on any atom is -0.366 e. The van der Waals surface area contributed by atoms with E-state index in [-0.39, 0.29) is 5.91 Å². The zero-order valence-corrected chi connectivity index (χ0v) is 14.4. The molecule has 5 heteroatoms. The first-order valence-electron chi connectivity index (χ1n) is 9.07. The smallest absolute Gasteiger partial charge is 0.248 e. The van der Waals surface area contributed by atoms with Crippen LogP contribution in [0.1, 0.15) is 61.7 Å². The largest absolute Gasteiger partial charge is 0.366 e. The summed E-state index contributed by atoms with van der Waals surface area (Å²) in [5.74, 6) is -0.434. The number of carbonyl (C=O) groups excluding carboxylic acids is 2. The number of hydrogen-bond donors (Lipinski definition) is 2. The van der Waals surface area contributed by atoms with Gasteiger partial charge in [-0.1, -0.05) is 19.3 Å². The maximum atomic E-state index is 11.9. The lowest BCUT2D eigenvalue weighted by Gasteiger charge is -2.13. The summed E-state index contributed by atoms with van der Waals surface area (Å²) in [6, 6.07) is 6.66. The summed E-state index contributed by atoms with van der Waals surface area (Å²) < 4.78 is 0. The van der Waals surface area contributed by atoms with Gasteiger partial charge in [-0.2, -0.15) is 0 Å². The minimum absolute atomic E-state index is 0.0268. The number of primary amides is 1. The lowest BCUT2D eigenvalue weighted by molar-refractivity contribution is -0.116. The third-order valence-corrected chi connectivity index (χ3v) is 4.53. The van der Waals surface area contributed by atoms with Crippen LogP contribution in [-0.2, 0) is 4.79 Å². The van der Waals surface area contributed by atoms with Crippen LogP contribution in [-0.4, -0.2) is 36.3 Å². The molecule has 132 valence electrons. The highest BCUT2D eigenvalue weighted by atomic mass is 16.1. The average Bonchev–Trinajstić information content (AvgIpc) is 3.08. The van der Waals surface area contributed by atoms with Crippen LogP contribution in [0.4, 0.5) is 5.69 Å². The van der Waals surface area contributed by atoms with Crippen molar-refractivity contribution in [2.24, 2.45) is 5.73 Å². The Kier molecular flexibility index (Phi) is 7.75. The number of rotatable bonds is 10. The molecule has 1 aromatic rings. The summed E-state index contributed by atoms with van der Waals surface area (Å²) in [7, 11) is 0. The van der Waals surface area contributed by atoms with Crippen molar-refractivity contribution in [3.63, 3.8) is 0 Å². The van der Waals surface area contributed by atoms with Crippen molar-refractivity contribution in [1.29, 1.82) is 0 Å². The maximum absolute atomic E-state index is 11.9. The molecule has 0 spiro atoms. The van der Waals surface area contributed by atoms with E-state index < -0.39 is 5.91 Å². The molecule has 0 bridgehead atoms. The van der Waals surface area contributed by atoms with E-state index in [9.17, 15) is 9.59 Å². The molecule has 0 saturated carbocycles. The van der Waals surface area contributed by atoms with Crippen LogP contribution < -0.4 is 11.1 Å². The number of anilines is 1. The Balaban J connectivity index is 1.50. The Labute approximate surface area is 144 Å². The van der Waals surface area contributed by atoms with Gasteiger partial charge < -0.3 is 16.0 Å². The highest BCUT2D eigenvalue weighted by Crippen LogP contribution is 2.12. The molecule has 1 aliphatic heterocycles. The van der Waals surface area contributed by atoms with Crippen LogP contribution in [0.5, 0.6) is 0 Å². The zero-order chi connectivity index (χ0) is 17.2. The lowest BCUT2D eigenvalue weighted by Crippen LogP contribution is -2.20. The predicted molar refractivity (Wildman–Crippen MR) is 97.0 cm³/mol. The number of nitrogens with zero attached hydrogens (tertiary/aromatic N) is 1. The van der Waals surface area contributed by atoms with Crippen LogP contribution in [0.3, 0.4) is 0 Å². The molecule has 2 rings (SSSR count). The molecular formula is C19H29N3O2. The van der Waals surface area contributed by atoms with Gasteiger partial charge in [-0.15, -0.1) is 0 Å². The molecule has 1 saturated heterocycles. The van der Waals surface area contributed by atoms with Crippen LogP contribution in [0, 0.1) is 0 Å². The average molecular weight is 331 g/mol. The second-order valence-electron chi connectivity index (χ2n) is 6.56. The topological polar surface area (TPSA) is 75.4 Å². The monoisotopic (exact) mass is 331 g/mol. The van der Waals surface area contributed by atoms with Gasteiger partial charge in [0.25, 0.3) is 0 Å². The molecule has 1 heterocycles. The molecule has 5 nitrogen and oxygen atoms in total. The van der Waals surface area contributed by atoms with Crippen LogP contribution >= 0.6 is 0 Å². The van der Waals surface area contributed by atoms with Crippen LogP contribution in [0.25, 0.3) is 0 Å². The third kappa shape index (κ3) is 6.71. The molecule has 2 amide bonds. The molecule has 0 atom stereocenters. The molecule has 0 aromatic heterocycles. The molecule has 0 radical (unpaired) electrons. The van der Waals surface area contributed by atoms with Gasteiger partial charge >= 0.3 is 0 Å². The first-order chi connectivity index (χ1) is 11.6. The van der Waals surface area contributed by atoms with Gasteiger partial charge in [-0.05, 0) is 69.6 Å². The summed E-state index contributed by atoms with van der Waals surface area (Å²) in [5.41, 5.74) is 6.34. The molecule has 1 fully saturated rings. The first-order valence-corrected chi connectivity index (χ1v) is 9.07. The maximum Gasteiger partial charge on any atom is 0.248 e. The van der Waals surface area contributed by atoms with E-state index in [2.05, 4.69) is 10.2 Å². The summed E-state index contributed by atoms with van der Waals surface area (Å²) in [6.07, 6.45) is 9.03. The molecule has 0 unspecified atom stereocenters. The second kappa shape index (κ2) is 10.1. The van der Waals surface area contributed by atoms with Crippen molar-refractivity contribution in [3.05, 3.63) is 29.8 Å². The molecule has 3 N–H and O–H groups in total. The van der Waals surface area contributed by atoms with Crippen molar-refractivity contribution in [1.82, 2.24) is 4.90 Å². The number of unbranched alkanes of at least 4 members (excludes halogenated alkanes) is 4. The Morgan fingerprint density at radius 3 is 2.25 bits per heavy atom. The molecular weight excluding hydrogens is 302 g/mol. The van der Waals surface area contributed by atoms with E-state index in [0.29, 0.717) is 17.7 Å². The fourth-order valence-electron chi connectivity index (χ4n) is 3.10. The number of likely N-dealkylation sites (tertiary alicyclic amines) is 1. The van der Waals surface area contributed by atoms with Gasteiger partial charge in [0.15, 0.2) is 0 Å². The van der Waals surface area contributed by atoms with E-state index in [1.165, 1.54) is 51.7 Å². The third-order valence-electron chi connectivity index (χ3n) is 4.53. The first kappa shape index (κ1) is 18.5. The standard InChI is InChI=1S/C19H29N3O2/c20-19(24)16-9-11-17(12-10-16)21-18(23)8-4-2-1-3-5-13-22-14-6-7-15-22/h9-12H,1-8,13-15H2,(H2,20,24)(H,21,23). The summed E-state index contributed by atoms with van der Waals surface area (Å²) in [5, 5.41) is 2.85. The fraction of sp³-hybridized carbons (Fsp3) is 0.579. The van der Waals surface area contributed by atoms with Gasteiger partial charge in [-0.3, -0.25) is 9.59 Å². The number of nitrogens with one attached hydrogen (secondary N) is 1. The minimum atomic E-state index is -0.461. The SMILES string of the molecule is NC(=O)c1ccc(NC(=O)CCCCCCCN2CCCC2)cc1. The Morgan fingerprint density at radius 1 is 0.958 bits per heavy atom. The summed E-state index contributed by atoms with van der Waals surface area (Å²) >= 11 is 0. The van der Waals surface area contributed by atoms with Gasteiger partial charge in [-0.25, -0.2) is 0 Å². The molecule has 1 aliphatic rings. The second-order valence-corrected chi connectivity index (χ2v) is 6.56. The Hall–Kier alpha value is -1.88. The van der Waals surface area contributed by atoms with Crippen molar-refractivity contribution < 1.29 is 9.59 Å². The van der Waals surface area contributed by atoms with Gasteiger partial charge in [0, 0.05) is 17.7 Å². The zero-order valence-electron chi connectivity index (χ0n) is 14.4. The van der Waals surface area contributed by atoms with E-state index >= 15 is 0 Å². The summed E-state index contributed by atoms with van der Waals surface area (Å²) in [6.45, 7) is 3.79. The molecule has 1 aromatic carbocycles. The number of hydrogen-bond acceptors (Lipinski definition) is 3. The highest BCUT2D eigenvalue weighted by molar-refractivity contribution is 5.94. The fourth-order valence-corrected chi connectivity index (χ4v) is 3.10. The van der Waals surface area contributed by atoms with E-state index in [0.717, 1.165) is 12.8 Å². The highest BCUT2D eigenvalue weighted by Gasteiger charge is 2.10. The quantitative estimate of drug-likeness (QED) is 0.647. The van der Waals surface area contributed by atoms with Gasteiger partial charge in [0.1, 0.15) is 0 Å². The molecule has 24 heavy (non-hydrogen) atoms. The van der Waals surface area contributed by atoms with Crippen molar-refractivity contribution in [3.8, 4) is 0 Å². The summed E-state index contributed by atoms with van der Waals surface area (Å²) in [4.78, 5) is 25.4. The van der Waals surface area contributed by atoms with Crippen molar-refractivity contribution in [2.45, 2.75) is 51.4 Å². The lowest BCUT2D eigenvalue weighted by atomic mass is 10.1. The number of nitrogens with two attached hydrogens (primary N) is 1. The normalized spacial score (nSPS) is 14.7. The van der Waals surface area contributed by atoms with E-state index in [1.807, 2.05) is 0 Å². The van der Waals surface area contributed by atoms with Crippen molar-refractivity contribution >= 4 is 17.5 Å². The van der Waals surface area contributed by atoms with Gasteiger partial charge in [0.2, 0.25) is 11.8 Å². The van der Waals surface area contributed by atoms with Crippen LogP contribution in [0.2, 0.25) is 0 Å². The predicted octanol–water partition coefficient (Wildman–Crippen LogP) is 3.16. The van der Waals surface area contributed by atoms with Crippen LogP contribution in [0.15, 0.2) is 24.3 Å². The van der Waals surface area contributed by atoms with Gasteiger partial charge in [0.05, 0.1) is 0 Å². The van der Waals surface area contributed by atoms with E-state index in [4.69, 9.17) is 5.73 Å². The Bertz CT molecular complexity index is 522. The van der Waals surface area contributed by atoms with Crippen molar-refractivity contribution in [2.75, 3.05) is 25.0 Å².